The first-order valence-electron chi connectivity index (χ1n) is 5.30. The predicted molar refractivity (Wildman–Crippen MR) is 64.1 cm³/mol. The number of hydrogen-bond acceptors (Lipinski definition) is 3. The Morgan fingerprint density at radius 1 is 1.29 bits per heavy atom. The number of rotatable bonds is 2. The van der Waals surface area contributed by atoms with Gasteiger partial charge in [0, 0.05) is 0 Å². The fourth-order valence-electron chi connectivity index (χ4n) is 1.73. The minimum absolute atomic E-state index is 0.214. The maximum absolute atomic E-state index is 11.1. The summed E-state index contributed by atoms with van der Waals surface area (Å²) in [6, 6.07) is 6.04. The molecule has 0 aliphatic rings. The van der Waals surface area contributed by atoms with Crippen molar-refractivity contribution < 1.29 is 4.79 Å². The summed E-state index contributed by atoms with van der Waals surface area (Å²) < 4.78 is 1.64. The molecule has 17 heavy (non-hydrogen) atoms. The third-order valence-electron chi connectivity index (χ3n) is 2.72. The number of carbonyl (C=O) groups is 1. The number of aryl methyl sites for hydroxylation is 2. The lowest BCUT2D eigenvalue weighted by Gasteiger charge is -2.08. The van der Waals surface area contributed by atoms with Gasteiger partial charge >= 0.3 is 0 Å². The maximum atomic E-state index is 11.1. The zero-order valence-corrected chi connectivity index (χ0v) is 10.1. The van der Waals surface area contributed by atoms with E-state index in [2.05, 4.69) is 10.3 Å². The van der Waals surface area contributed by atoms with Gasteiger partial charge in [0.15, 0.2) is 5.69 Å². The third kappa shape index (κ3) is 1.91. The van der Waals surface area contributed by atoms with Crippen molar-refractivity contribution >= 4 is 5.91 Å². The maximum Gasteiger partial charge on any atom is 0.271 e. The quantitative estimate of drug-likeness (QED) is 0.844. The van der Waals surface area contributed by atoms with Crippen LogP contribution in [0.4, 0.5) is 0 Å². The van der Waals surface area contributed by atoms with E-state index in [1.54, 1.807) is 11.6 Å². The van der Waals surface area contributed by atoms with Gasteiger partial charge in [-0.3, -0.25) is 4.79 Å². The topological polar surface area (TPSA) is 73.8 Å². The molecule has 0 aliphatic carbocycles. The summed E-state index contributed by atoms with van der Waals surface area (Å²) in [5.41, 5.74) is 9.21. The molecule has 5 nitrogen and oxygen atoms in total. The Morgan fingerprint density at radius 3 is 2.59 bits per heavy atom. The number of carbonyl (C=O) groups excluding carboxylic acids is 1. The van der Waals surface area contributed by atoms with E-state index in [0.717, 1.165) is 16.8 Å². The van der Waals surface area contributed by atoms with E-state index in [-0.39, 0.29) is 5.69 Å². The molecule has 0 saturated heterocycles. The largest absolute Gasteiger partial charge is 0.364 e. The van der Waals surface area contributed by atoms with Crippen LogP contribution in [-0.4, -0.2) is 20.9 Å². The van der Waals surface area contributed by atoms with Crippen LogP contribution in [0.2, 0.25) is 0 Å². The highest BCUT2D eigenvalue weighted by molar-refractivity contribution is 5.91. The number of aromatic nitrogens is 3. The Balaban J connectivity index is 2.61. The van der Waals surface area contributed by atoms with Crippen LogP contribution in [0.5, 0.6) is 0 Å². The first kappa shape index (κ1) is 11.3. The first-order chi connectivity index (χ1) is 8.00. The highest BCUT2D eigenvalue weighted by Gasteiger charge is 2.15. The van der Waals surface area contributed by atoms with Crippen molar-refractivity contribution in [3.8, 4) is 5.69 Å². The number of primary amides is 1. The van der Waals surface area contributed by atoms with Gasteiger partial charge in [0.2, 0.25) is 0 Å². The lowest BCUT2D eigenvalue weighted by molar-refractivity contribution is 0.0995. The van der Waals surface area contributed by atoms with Crippen molar-refractivity contribution in [1.82, 2.24) is 15.0 Å². The number of hydrogen-bond donors (Lipinski definition) is 1. The fraction of sp³-hybridized carbons (Fsp3) is 0.250. The van der Waals surface area contributed by atoms with Crippen molar-refractivity contribution in [2.75, 3.05) is 0 Å². The second kappa shape index (κ2) is 4.01. The molecule has 0 fully saturated rings. The normalized spacial score (nSPS) is 10.5. The van der Waals surface area contributed by atoms with Crippen LogP contribution >= 0.6 is 0 Å². The van der Waals surface area contributed by atoms with E-state index in [4.69, 9.17) is 5.73 Å². The van der Waals surface area contributed by atoms with Crippen LogP contribution in [-0.2, 0) is 0 Å². The SMILES string of the molecule is Cc1ccc(C)c(-n2nnc(C(N)=O)c2C)c1. The second-order valence-corrected chi connectivity index (χ2v) is 4.09. The van der Waals surface area contributed by atoms with Gasteiger partial charge in [-0.05, 0) is 38.0 Å². The average Bonchev–Trinajstić information content (AvgIpc) is 2.64. The Kier molecular flexibility index (Phi) is 2.67. The molecule has 0 saturated carbocycles. The molecular formula is C12H14N4O. The van der Waals surface area contributed by atoms with Gasteiger partial charge < -0.3 is 5.73 Å². The van der Waals surface area contributed by atoms with E-state index in [1.165, 1.54) is 0 Å². The number of nitrogens with zero attached hydrogens (tertiary/aromatic N) is 3. The third-order valence-corrected chi connectivity index (χ3v) is 2.72. The zero-order valence-electron chi connectivity index (χ0n) is 10.1. The highest BCUT2D eigenvalue weighted by Crippen LogP contribution is 2.17. The Hall–Kier alpha value is -2.17. The Morgan fingerprint density at radius 2 is 2.00 bits per heavy atom. The van der Waals surface area contributed by atoms with Gasteiger partial charge in [0.1, 0.15) is 0 Å². The molecule has 1 amide bonds. The summed E-state index contributed by atoms with van der Waals surface area (Å²) in [5.74, 6) is -0.556. The number of amides is 1. The van der Waals surface area contributed by atoms with Crippen molar-refractivity contribution in [2.45, 2.75) is 20.8 Å². The average molecular weight is 230 g/mol. The summed E-state index contributed by atoms with van der Waals surface area (Å²) in [6.45, 7) is 5.77. The highest BCUT2D eigenvalue weighted by atomic mass is 16.1. The van der Waals surface area contributed by atoms with E-state index in [9.17, 15) is 4.79 Å². The molecule has 0 bridgehead atoms. The predicted octanol–water partition coefficient (Wildman–Crippen LogP) is 1.29. The molecule has 5 heteroatoms. The van der Waals surface area contributed by atoms with Crippen LogP contribution < -0.4 is 5.73 Å². The fourth-order valence-corrected chi connectivity index (χ4v) is 1.73. The van der Waals surface area contributed by atoms with Crippen LogP contribution in [0, 0.1) is 20.8 Å². The minimum Gasteiger partial charge on any atom is -0.364 e. The van der Waals surface area contributed by atoms with Crippen molar-refractivity contribution in [3.63, 3.8) is 0 Å². The first-order valence-corrected chi connectivity index (χ1v) is 5.30. The van der Waals surface area contributed by atoms with Gasteiger partial charge in [-0.15, -0.1) is 5.10 Å². The molecule has 0 radical (unpaired) electrons. The van der Waals surface area contributed by atoms with E-state index in [0.29, 0.717) is 5.69 Å². The Labute approximate surface area is 99.2 Å². The minimum atomic E-state index is -0.556. The molecule has 0 unspecified atom stereocenters. The Bertz CT molecular complexity index is 586. The smallest absolute Gasteiger partial charge is 0.271 e. The van der Waals surface area contributed by atoms with Crippen LogP contribution in [0.3, 0.4) is 0 Å². The van der Waals surface area contributed by atoms with Crippen molar-refractivity contribution in [1.29, 1.82) is 0 Å². The van der Waals surface area contributed by atoms with Crippen molar-refractivity contribution in [2.24, 2.45) is 5.73 Å². The molecule has 2 rings (SSSR count). The van der Waals surface area contributed by atoms with Gasteiger partial charge in [0.25, 0.3) is 5.91 Å². The van der Waals surface area contributed by atoms with E-state index >= 15 is 0 Å². The molecule has 0 aliphatic heterocycles. The van der Waals surface area contributed by atoms with E-state index < -0.39 is 5.91 Å². The summed E-state index contributed by atoms with van der Waals surface area (Å²) in [7, 11) is 0. The van der Waals surface area contributed by atoms with Gasteiger partial charge in [0.05, 0.1) is 11.4 Å². The molecule has 2 aromatic rings. The van der Waals surface area contributed by atoms with Gasteiger partial charge in [-0.25, -0.2) is 4.68 Å². The summed E-state index contributed by atoms with van der Waals surface area (Å²) in [4.78, 5) is 11.1. The second-order valence-electron chi connectivity index (χ2n) is 4.09. The lowest BCUT2D eigenvalue weighted by Crippen LogP contribution is -2.13. The molecule has 1 aromatic heterocycles. The molecule has 2 N–H and O–H groups in total. The summed E-state index contributed by atoms with van der Waals surface area (Å²) >= 11 is 0. The molecular weight excluding hydrogens is 216 g/mol. The van der Waals surface area contributed by atoms with Crippen LogP contribution in [0.1, 0.15) is 27.3 Å². The molecule has 0 atom stereocenters. The standard InChI is InChI=1S/C12H14N4O/c1-7-4-5-8(2)10(6-7)16-9(3)11(12(13)17)14-15-16/h4-6H,1-3H3,(H2,13,17). The van der Waals surface area contributed by atoms with Crippen molar-refractivity contribution in [3.05, 3.63) is 40.7 Å². The van der Waals surface area contributed by atoms with E-state index in [1.807, 2.05) is 32.0 Å². The summed E-state index contributed by atoms with van der Waals surface area (Å²) in [5, 5.41) is 7.78. The summed E-state index contributed by atoms with van der Waals surface area (Å²) in [6.07, 6.45) is 0. The molecule has 1 aromatic carbocycles. The molecule has 88 valence electrons. The number of benzene rings is 1. The monoisotopic (exact) mass is 230 g/mol. The zero-order chi connectivity index (χ0) is 12.6. The number of nitrogens with two attached hydrogens (primary N) is 1. The van der Waals surface area contributed by atoms with Gasteiger partial charge in [-0.1, -0.05) is 17.3 Å². The van der Waals surface area contributed by atoms with Crippen LogP contribution in [0.15, 0.2) is 18.2 Å². The van der Waals surface area contributed by atoms with Gasteiger partial charge in [-0.2, -0.15) is 0 Å². The molecule has 0 spiro atoms. The van der Waals surface area contributed by atoms with Crippen LogP contribution in [0.25, 0.3) is 5.69 Å². The molecule has 1 heterocycles. The lowest BCUT2D eigenvalue weighted by atomic mass is 10.1.